The third-order valence-corrected chi connectivity index (χ3v) is 5.48. The summed E-state index contributed by atoms with van der Waals surface area (Å²) in [4.78, 5) is 8.30. The highest BCUT2D eigenvalue weighted by Crippen LogP contribution is 2.40. The van der Waals surface area contributed by atoms with Gasteiger partial charge in [-0.25, -0.2) is 4.98 Å². The number of fused-ring (bicyclic) bond motifs is 1. The van der Waals surface area contributed by atoms with Gasteiger partial charge in [-0.2, -0.15) is 13.4 Å². The van der Waals surface area contributed by atoms with E-state index in [1.165, 1.54) is 0 Å². The molecule has 13 heteroatoms. The van der Waals surface area contributed by atoms with Gasteiger partial charge in [-0.3, -0.25) is 4.55 Å². The Kier molecular flexibility index (Phi) is 9.06. The zero-order valence-electron chi connectivity index (χ0n) is 19.3. The number of hydrogen-bond donors (Lipinski definition) is 5. The van der Waals surface area contributed by atoms with Crippen LogP contribution in [0.4, 0.5) is 17.5 Å². The summed E-state index contributed by atoms with van der Waals surface area (Å²) >= 11 is 0. The van der Waals surface area contributed by atoms with Crippen molar-refractivity contribution in [3.63, 3.8) is 0 Å². The van der Waals surface area contributed by atoms with E-state index in [9.17, 15) is 8.42 Å². The second-order valence-electron chi connectivity index (χ2n) is 6.99. The number of ether oxygens (including phenoxy) is 3. The molecule has 34 heavy (non-hydrogen) atoms. The zero-order chi connectivity index (χ0) is 25.5. The Morgan fingerprint density at radius 2 is 1.65 bits per heavy atom. The Morgan fingerprint density at radius 1 is 1.03 bits per heavy atom. The summed E-state index contributed by atoms with van der Waals surface area (Å²) in [6.07, 6.45) is 0. The van der Waals surface area contributed by atoms with Crippen LogP contribution in [0.15, 0.2) is 24.3 Å². The Labute approximate surface area is 197 Å². The average molecular weight is 496 g/mol. The molecule has 0 aliphatic carbocycles. The fraction of sp³-hybridized carbons (Fsp3) is 0.333. The molecule has 0 fully saturated rings. The van der Waals surface area contributed by atoms with E-state index in [1.54, 1.807) is 21.3 Å². The van der Waals surface area contributed by atoms with E-state index in [1.807, 2.05) is 31.2 Å². The fourth-order valence-electron chi connectivity index (χ4n) is 3.17. The van der Waals surface area contributed by atoms with Gasteiger partial charge in [-0.05, 0) is 24.1 Å². The molecular formula is C21H29N5O7S. The summed E-state index contributed by atoms with van der Waals surface area (Å²) in [6.45, 7) is 2.04. The highest BCUT2D eigenvalue weighted by Gasteiger charge is 2.14. The standard InChI is InChI=1S/C19H23N5O3.C2H6O4S/c1-10-11(5-6-13-16(10)18(20)24-19(21)23-13)9-22-12-7-14(25-2)17(27-4)15(8-12)26-3;3-1-2-7(4,5)6/h5-8,22H,9H2,1-4H3,(H4,20,21,23,24);3H,1-2H2,(H,4,5,6). The summed E-state index contributed by atoms with van der Waals surface area (Å²) in [5.41, 5.74) is 15.4. The van der Waals surface area contributed by atoms with Crippen LogP contribution >= 0.6 is 0 Å². The van der Waals surface area contributed by atoms with Crippen LogP contribution in [0.2, 0.25) is 0 Å². The predicted octanol–water partition coefficient (Wildman–Crippen LogP) is 1.61. The van der Waals surface area contributed by atoms with Crippen LogP contribution in [0, 0.1) is 6.92 Å². The Bertz CT molecular complexity index is 1230. The molecular weight excluding hydrogens is 466 g/mol. The van der Waals surface area contributed by atoms with E-state index in [-0.39, 0.29) is 5.95 Å². The summed E-state index contributed by atoms with van der Waals surface area (Å²) < 4.78 is 43.2. The Balaban J connectivity index is 0.000000509. The molecule has 1 aromatic heterocycles. The van der Waals surface area contributed by atoms with Gasteiger partial charge in [0.2, 0.25) is 11.7 Å². The number of benzene rings is 2. The van der Waals surface area contributed by atoms with Gasteiger partial charge in [0.1, 0.15) is 5.82 Å². The highest BCUT2D eigenvalue weighted by atomic mass is 32.2. The third-order valence-electron chi connectivity index (χ3n) is 4.78. The number of nitrogen functional groups attached to an aromatic ring is 2. The predicted molar refractivity (Wildman–Crippen MR) is 130 cm³/mol. The van der Waals surface area contributed by atoms with Gasteiger partial charge < -0.3 is 36.1 Å². The number of nitrogens with one attached hydrogen (secondary N) is 1. The van der Waals surface area contributed by atoms with Crippen molar-refractivity contribution >= 4 is 38.5 Å². The van der Waals surface area contributed by atoms with Crippen LogP contribution in [0.1, 0.15) is 11.1 Å². The average Bonchev–Trinajstić information content (AvgIpc) is 2.77. The molecule has 3 aromatic rings. The van der Waals surface area contributed by atoms with Crippen LogP contribution in [0.25, 0.3) is 10.9 Å². The molecule has 0 radical (unpaired) electrons. The summed E-state index contributed by atoms with van der Waals surface area (Å²) in [7, 11) is 0.823. The lowest BCUT2D eigenvalue weighted by atomic mass is 10.0. The number of rotatable bonds is 8. The van der Waals surface area contributed by atoms with Crippen molar-refractivity contribution in [2.45, 2.75) is 13.5 Å². The van der Waals surface area contributed by atoms with Crippen molar-refractivity contribution in [3.05, 3.63) is 35.4 Å². The van der Waals surface area contributed by atoms with Crippen LogP contribution in [-0.4, -0.2) is 61.7 Å². The monoisotopic (exact) mass is 495 g/mol. The van der Waals surface area contributed by atoms with Crippen molar-refractivity contribution < 1.29 is 32.3 Å². The normalized spacial score (nSPS) is 10.9. The van der Waals surface area contributed by atoms with Crippen LogP contribution < -0.4 is 31.0 Å². The summed E-state index contributed by atoms with van der Waals surface area (Å²) in [5, 5.41) is 12.1. The second kappa shape index (κ2) is 11.5. The first-order valence-electron chi connectivity index (χ1n) is 9.95. The minimum Gasteiger partial charge on any atom is -0.493 e. The number of methoxy groups -OCH3 is 3. The first-order chi connectivity index (χ1) is 16.0. The largest absolute Gasteiger partial charge is 0.493 e. The van der Waals surface area contributed by atoms with Gasteiger partial charge in [0.15, 0.2) is 11.5 Å². The molecule has 0 saturated heterocycles. The minimum absolute atomic E-state index is 0.169. The van der Waals surface area contributed by atoms with Crippen molar-refractivity contribution in [2.75, 3.05) is 50.5 Å². The van der Waals surface area contributed by atoms with Crippen molar-refractivity contribution in [3.8, 4) is 17.2 Å². The summed E-state index contributed by atoms with van der Waals surface area (Å²) in [6, 6.07) is 7.60. The lowest BCUT2D eigenvalue weighted by Crippen LogP contribution is -2.06. The molecule has 0 spiro atoms. The molecule has 1 heterocycles. The van der Waals surface area contributed by atoms with Gasteiger partial charge in [-0.15, -0.1) is 0 Å². The number of aliphatic hydroxyl groups excluding tert-OH is 1. The number of anilines is 3. The number of aromatic nitrogens is 2. The number of nitrogens with two attached hydrogens (primary N) is 2. The van der Waals surface area contributed by atoms with Crippen molar-refractivity contribution in [1.82, 2.24) is 9.97 Å². The van der Waals surface area contributed by atoms with Gasteiger partial charge in [0.05, 0.1) is 39.2 Å². The van der Waals surface area contributed by atoms with Crippen LogP contribution in [0.3, 0.4) is 0 Å². The molecule has 0 amide bonds. The van der Waals surface area contributed by atoms with Crippen molar-refractivity contribution in [1.29, 1.82) is 0 Å². The first-order valence-corrected chi connectivity index (χ1v) is 11.6. The lowest BCUT2D eigenvalue weighted by molar-refractivity contribution is 0.315. The number of nitrogens with zero attached hydrogens (tertiary/aromatic N) is 2. The third kappa shape index (κ3) is 6.73. The van der Waals surface area contributed by atoms with E-state index in [4.69, 9.17) is 35.3 Å². The van der Waals surface area contributed by atoms with Crippen LogP contribution in [-0.2, 0) is 16.7 Å². The first kappa shape index (κ1) is 26.7. The van der Waals surface area contributed by atoms with E-state index in [0.717, 1.165) is 27.7 Å². The molecule has 7 N–H and O–H groups in total. The molecule has 0 aliphatic heterocycles. The molecule has 12 nitrogen and oxygen atoms in total. The van der Waals surface area contributed by atoms with Gasteiger partial charge >= 0.3 is 0 Å². The molecule has 3 rings (SSSR count). The van der Waals surface area contributed by atoms with Gasteiger partial charge in [-0.1, -0.05) is 6.07 Å². The lowest BCUT2D eigenvalue weighted by Gasteiger charge is -2.16. The number of aryl methyl sites for hydroxylation is 1. The minimum atomic E-state index is -3.92. The quantitative estimate of drug-likeness (QED) is 0.284. The van der Waals surface area contributed by atoms with Crippen LogP contribution in [0.5, 0.6) is 17.2 Å². The Hall–Kier alpha value is -3.55. The number of aliphatic hydroxyl groups is 1. The second-order valence-corrected chi connectivity index (χ2v) is 8.56. The van der Waals surface area contributed by atoms with E-state index < -0.39 is 22.5 Å². The number of hydrogen-bond acceptors (Lipinski definition) is 11. The maximum Gasteiger partial charge on any atom is 0.267 e. The molecule has 186 valence electrons. The zero-order valence-corrected chi connectivity index (χ0v) is 20.1. The molecule has 0 atom stereocenters. The summed E-state index contributed by atoms with van der Waals surface area (Å²) in [5.74, 6) is 1.69. The smallest absolute Gasteiger partial charge is 0.267 e. The van der Waals surface area contributed by atoms with Gasteiger partial charge in [0, 0.05) is 29.8 Å². The molecule has 0 saturated carbocycles. The van der Waals surface area contributed by atoms with Crippen molar-refractivity contribution in [2.24, 2.45) is 0 Å². The maximum absolute atomic E-state index is 9.63. The van der Waals surface area contributed by atoms with E-state index in [2.05, 4.69) is 15.3 Å². The Morgan fingerprint density at radius 3 is 2.12 bits per heavy atom. The van der Waals surface area contributed by atoms with E-state index in [0.29, 0.717) is 29.6 Å². The molecule has 2 aromatic carbocycles. The maximum atomic E-state index is 9.63. The topological polar surface area (TPSA) is 192 Å². The molecule has 0 aliphatic rings. The molecule has 0 unspecified atom stereocenters. The fourth-order valence-corrected chi connectivity index (χ4v) is 3.40. The molecule has 0 bridgehead atoms. The SMILES string of the molecule is COc1cc(NCc2ccc3nc(N)nc(N)c3c2C)cc(OC)c1OC.O=S(=O)(O)CCO. The van der Waals surface area contributed by atoms with E-state index >= 15 is 0 Å². The van der Waals surface area contributed by atoms with Gasteiger partial charge in [0.25, 0.3) is 10.1 Å². The highest BCUT2D eigenvalue weighted by molar-refractivity contribution is 7.85.